The number of hydrogen-bond acceptors (Lipinski definition) is 3. The van der Waals surface area contributed by atoms with Crippen molar-refractivity contribution in [2.75, 3.05) is 13.1 Å². The molecule has 2 N–H and O–H groups in total. The van der Waals surface area contributed by atoms with Gasteiger partial charge < -0.3 is 5.11 Å². The summed E-state index contributed by atoms with van der Waals surface area (Å²) in [5.74, 6) is -0.0386. The van der Waals surface area contributed by atoms with Crippen molar-refractivity contribution in [1.82, 2.24) is 10.2 Å². The molecule has 4 heteroatoms. The van der Waals surface area contributed by atoms with Crippen LogP contribution in [0.3, 0.4) is 0 Å². The van der Waals surface area contributed by atoms with Gasteiger partial charge in [0.25, 0.3) is 0 Å². The maximum Gasteiger partial charge on any atom is 0.324 e. The zero-order valence-electron chi connectivity index (χ0n) is 12.5. The molecule has 2 saturated carbocycles. The Balaban J connectivity index is 1.93. The summed E-state index contributed by atoms with van der Waals surface area (Å²) in [5.41, 5.74) is -0.791. The van der Waals surface area contributed by atoms with E-state index in [1.54, 1.807) is 0 Å². The average Bonchev–Trinajstić information content (AvgIpc) is 3.15. The topological polar surface area (TPSA) is 52.6 Å². The third-order valence-electron chi connectivity index (χ3n) is 4.15. The first-order valence-corrected chi connectivity index (χ1v) is 7.66. The Morgan fingerprint density at radius 2 is 2.00 bits per heavy atom. The molecule has 0 bridgehead atoms. The van der Waals surface area contributed by atoms with Crippen LogP contribution in [0.25, 0.3) is 0 Å². The monoisotopic (exact) mass is 268 g/mol. The molecule has 2 aliphatic carbocycles. The van der Waals surface area contributed by atoms with Gasteiger partial charge in [-0.1, -0.05) is 13.8 Å². The quantitative estimate of drug-likeness (QED) is 0.672. The second-order valence-corrected chi connectivity index (χ2v) is 6.94. The van der Waals surface area contributed by atoms with Crippen molar-refractivity contribution in [3.63, 3.8) is 0 Å². The maximum atomic E-state index is 11.6. The summed E-state index contributed by atoms with van der Waals surface area (Å²) in [4.78, 5) is 14.0. The minimum Gasteiger partial charge on any atom is -0.480 e. The van der Waals surface area contributed by atoms with Crippen LogP contribution in [-0.4, -0.2) is 46.7 Å². The van der Waals surface area contributed by atoms with Gasteiger partial charge in [0.1, 0.15) is 5.54 Å². The summed E-state index contributed by atoms with van der Waals surface area (Å²) in [6.07, 6.45) is 5.86. The summed E-state index contributed by atoms with van der Waals surface area (Å²) < 4.78 is 0. The Morgan fingerprint density at radius 1 is 1.37 bits per heavy atom. The van der Waals surface area contributed by atoms with Crippen LogP contribution >= 0.6 is 0 Å². The molecular formula is C15H28N2O2. The Hall–Kier alpha value is -0.610. The SMILES string of the molecule is CC(C)CCN(CC(C)(NC1CC1)C(=O)O)C1CC1. The lowest BCUT2D eigenvalue weighted by Gasteiger charge is -2.34. The van der Waals surface area contributed by atoms with Gasteiger partial charge in [0.15, 0.2) is 0 Å². The van der Waals surface area contributed by atoms with Crippen molar-refractivity contribution in [3.8, 4) is 0 Å². The van der Waals surface area contributed by atoms with Gasteiger partial charge in [-0.3, -0.25) is 15.0 Å². The molecule has 19 heavy (non-hydrogen) atoms. The maximum absolute atomic E-state index is 11.6. The molecule has 0 aromatic carbocycles. The third kappa shape index (κ3) is 4.46. The molecule has 2 rings (SSSR count). The van der Waals surface area contributed by atoms with E-state index >= 15 is 0 Å². The standard InChI is InChI=1S/C15H28N2O2/c1-11(2)8-9-17(13-6-7-13)10-15(3,14(18)19)16-12-4-5-12/h11-13,16H,4-10H2,1-3H3,(H,18,19). The van der Waals surface area contributed by atoms with E-state index in [0.29, 0.717) is 24.5 Å². The molecule has 1 atom stereocenters. The van der Waals surface area contributed by atoms with E-state index in [9.17, 15) is 9.90 Å². The first-order valence-electron chi connectivity index (χ1n) is 7.66. The van der Waals surface area contributed by atoms with Crippen LogP contribution in [0, 0.1) is 5.92 Å². The number of nitrogens with zero attached hydrogens (tertiary/aromatic N) is 1. The van der Waals surface area contributed by atoms with Crippen molar-refractivity contribution in [2.45, 2.75) is 70.5 Å². The molecule has 0 amide bonds. The van der Waals surface area contributed by atoms with Gasteiger partial charge in [0, 0.05) is 18.6 Å². The number of nitrogens with one attached hydrogen (secondary N) is 1. The number of carbonyl (C=O) groups is 1. The summed E-state index contributed by atoms with van der Waals surface area (Å²) in [5, 5.41) is 12.9. The molecule has 0 saturated heterocycles. The second-order valence-electron chi connectivity index (χ2n) is 6.94. The fraction of sp³-hybridized carbons (Fsp3) is 0.933. The highest BCUT2D eigenvalue weighted by molar-refractivity contribution is 5.78. The van der Waals surface area contributed by atoms with Crippen LogP contribution < -0.4 is 5.32 Å². The van der Waals surface area contributed by atoms with Crippen molar-refractivity contribution in [1.29, 1.82) is 0 Å². The lowest BCUT2D eigenvalue weighted by molar-refractivity contribution is -0.145. The van der Waals surface area contributed by atoms with Gasteiger partial charge in [-0.15, -0.1) is 0 Å². The van der Waals surface area contributed by atoms with Gasteiger partial charge in [0.05, 0.1) is 0 Å². The zero-order valence-corrected chi connectivity index (χ0v) is 12.5. The molecule has 2 fully saturated rings. The molecule has 0 radical (unpaired) electrons. The molecule has 1 unspecified atom stereocenters. The molecule has 110 valence electrons. The Labute approximate surface area is 116 Å². The fourth-order valence-corrected chi connectivity index (χ4v) is 2.51. The largest absolute Gasteiger partial charge is 0.480 e. The molecule has 0 aromatic rings. The molecule has 4 nitrogen and oxygen atoms in total. The predicted octanol–water partition coefficient (Wildman–Crippen LogP) is 2.09. The molecule has 2 aliphatic rings. The summed E-state index contributed by atoms with van der Waals surface area (Å²) in [6.45, 7) is 7.96. The zero-order chi connectivity index (χ0) is 14.0. The lowest BCUT2D eigenvalue weighted by Crippen LogP contribution is -2.58. The predicted molar refractivity (Wildman–Crippen MR) is 76.2 cm³/mol. The van der Waals surface area contributed by atoms with Gasteiger partial charge in [0.2, 0.25) is 0 Å². The highest BCUT2D eigenvalue weighted by Crippen LogP contribution is 2.30. The van der Waals surface area contributed by atoms with Gasteiger partial charge >= 0.3 is 5.97 Å². The number of aliphatic carboxylic acids is 1. The van der Waals surface area contributed by atoms with Crippen LogP contribution in [0.2, 0.25) is 0 Å². The summed E-state index contributed by atoms with van der Waals surface area (Å²) >= 11 is 0. The van der Waals surface area contributed by atoms with Gasteiger partial charge in [-0.25, -0.2) is 0 Å². The van der Waals surface area contributed by atoms with E-state index in [4.69, 9.17) is 0 Å². The van der Waals surface area contributed by atoms with E-state index in [2.05, 4.69) is 24.1 Å². The van der Waals surface area contributed by atoms with Crippen LogP contribution in [-0.2, 0) is 4.79 Å². The number of carboxylic acids is 1. The minimum atomic E-state index is -0.791. The highest BCUT2D eigenvalue weighted by atomic mass is 16.4. The molecule has 0 aromatic heterocycles. The lowest BCUT2D eigenvalue weighted by atomic mass is 10.0. The summed E-state index contributed by atoms with van der Waals surface area (Å²) in [6, 6.07) is 1.05. The van der Waals surface area contributed by atoms with E-state index < -0.39 is 11.5 Å². The van der Waals surface area contributed by atoms with Crippen LogP contribution in [0.4, 0.5) is 0 Å². The van der Waals surface area contributed by atoms with Crippen LogP contribution in [0.15, 0.2) is 0 Å². The number of hydrogen-bond donors (Lipinski definition) is 2. The Morgan fingerprint density at radius 3 is 2.42 bits per heavy atom. The van der Waals surface area contributed by atoms with Crippen molar-refractivity contribution in [2.24, 2.45) is 5.92 Å². The normalized spacial score (nSPS) is 22.8. The van der Waals surface area contributed by atoms with Crippen molar-refractivity contribution in [3.05, 3.63) is 0 Å². The van der Waals surface area contributed by atoms with Gasteiger partial charge in [-0.05, 0) is 51.5 Å². The second kappa shape index (κ2) is 5.80. The van der Waals surface area contributed by atoms with E-state index in [0.717, 1.165) is 25.8 Å². The van der Waals surface area contributed by atoms with Crippen molar-refractivity contribution < 1.29 is 9.90 Å². The van der Waals surface area contributed by atoms with Crippen LogP contribution in [0.5, 0.6) is 0 Å². The summed E-state index contributed by atoms with van der Waals surface area (Å²) in [7, 11) is 0. The Bertz CT molecular complexity index is 324. The molecule has 0 heterocycles. The third-order valence-corrected chi connectivity index (χ3v) is 4.15. The number of carboxylic acid groups (broad SMARTS) is 1. The molecule has 0 aliphatic heterocycles. The van der Waals surface area contributed by atoms with Gasteiger partial charge in [-0.2, -0.15) is 0 Å². The van der Waals surface area contributed by atoms with E-state index in [1.165, 1.54) is 12.8 Å². The molecule has 0 spiro atoms. The molecular weight excluding hydrogens is 240 g/mol. The average molecular weight is 268 g/mol. The first-order chi connectivity index (χ1) is 8.90. The minimum absolute atomic E-state index is 0.423. The van der Waals surface area contributed by atoms with E-state index in [1.807, 2.05) is 6.92 Å². The number of rotatable bonds is 9. The highest BCUT2D eigenvalue weighted by Gasteiger charge is 2.42. The fourth-order valence-electron chi connectivity index (χ4n) is 2.51. The van der Waals surface area contributed by atoms with Crippen molar-refractivity contribution >= 4 is 5.97 Å². The van der Waals surface area contributed by atoms with Crippen LogP contribution in [0.1, 0.15) is 52.9 Å². The first kappa shape index (κ1) is 14.8. The Kier molecular flexibility index (Phi) is 4.51. The smallest absolute Gasteiger partial charge is 0.324 e. The van der Waals surface area contributed by atoms with E-state index in [-0.39, 0.29) is 0 Å².